The summed E-state index contributed by atoms with van der Waals surface area (Å²) in [5.41, 5.74) is 5.89. The predicted octanol–water partition coefficient (Wildman–Crippen LogP) is 0.470. The number of pyridine rings is 1. The first-order valence-electron chi connectivity index (χ1n) is 7.73. The van der Waals surface area contributed by atoms with E-state index in [0.717, 1.165) is 44.2 Å². The van der Waals surface area contributed by atoms with Crippen LogP contribution in [0.15, 0.2) is 24.5 Å². The number of hydrogen-bond donors (Lipinski definition) is 2. The molecule has 6 heteroatoms. The Morgan fingerprint density at radius 3 is 2.95 bits per heavy atom. The van der Waals surface area contributed by atoms with Gasteiger partial charge >= 0.3 is 0 Å². The maximum atomic E-state index is 12.5. The predicted molar refractivity (Wildman–Crippen MR) is 84.0 cm³/mol. The summed E-state index contributed by atoms with van der Waals surface area (Å²) in [6.45, 7) is 0.879. The summed E-state index contributed by atoms with van der Waals surface area (Å²) in [6, 6.07) is 3.95. The number of primary amides is 1. The number of aromatic nitrogens is 1. The van der Waals surface area contributed by atoms with Crippen molar-refractivity contribution in [3.05, 3.63) is 30.1 Å². The fraction of sp³-hybridized carbons (Fsp3) is 0.562. The second-order valence-electron chi connectivity index (χ2n) is 5.82. The summed E-state index contributed by atoms with van der Waals surface area (Å²) in [5.74, 6) is -0.403. The van der Waals surface area contributed by atoms with E-state index in [0.29, 0.717) is 0 Å². The molecule has 2 heterocycles. The first kappa shape index (κ1) is 16.4. The minimum atomic E-state index is -0.605. The molecule has 0 unspecified atom stereocenters. The first-order valence-corrected chi connectivity index (χ1v) is 7.73. The van der Waals surface area contributed by atoms with Gasteiger partial charge in [0.15, 0.2) is 0 Å². The number of nitrogens with two attached hydrogens (primary N) is 1. The molecule has 2 rings (SSSR count). The van der Waals surface area contributed by atoms with Crippen LogP contribution in [-0.4, -0.2) is 47.4 Å². The number of amides is 2. The summed E-state index contributed by atoms with van der Waals surface area (Å²) >= 11 is 0. The van der Waals surface area contributed by atoms with E-state index in [1.54, 1.807) is 13.2 Å². The maximum Gasteiger partial charge on any atom is 0.240 e. The van der Waals surface area contributed by atoms with E-state index >= 15 is 0 Å². The molecule has 1 aliphatic rings. The Morgan fingerprint density at radius 2 is 2.32 bits per heavy atom. The van der Waals surface area contributed by atoms with Crippen LogP contribution in [0.5, 0.6) is 0 Å². The van der Waals surface area contributed by atoms with Gasteiger partial charge in [0.25, 0.3) is 0 Å². The molecule has 0 aromatic carbocycles. The van der Waals surface area contributed by atoms with Crippen molar-refractivity contribution >= 4 is 11.8 Å². The van der Waals surface area contributed by atoms with E-state index in [2.05, 4.69) is 10.3 Å². The van der Waals surface area contributed by atoms with Gasteiger partial charge < -0.3 is 11.1 Å². The SMILES string of the molecule is CNC(=O)[C@@]1(CCCc2cccnc2)CCCN1CC(N)=O. The molecule has 22 heavy (non-hydrogen) atoms. The van der Waals surface area contributed by atoms with Gasteiger partial charge in [0.05, 0.1) is 6.54 Å². The number of carbonyl (C=O) groups is 2. The number of rotatable bonds is 7. The molecule has 6 nitrogen and oxygen atoms in total. The Morgan fingerprint density at radius 1 is 1.50 bits per heavy atom. The fourth-order valence-corrected chi connectivity index (χ4v) is 3.37. The monoisotopic (exact) mass is 304 g/mol. The molecule has 1 aromatic heterocycles. The van der Waals surface area contributed by atoms with Gasteiger partial charge in [-0.25, -0.2) is 0 Å². The molecular weight excluding hydrogens is 280 g/mol. The van der Waals surface area contributed by atoms with E-state index in [4.69, 9.17) is 5.73 Å². The van der Waals surface area contributed by atoms with E-state index in [1.807, 2.05) is 23.2 Å². The lowest BCUT2D eigenvalue weighted by Gasteiger charge is -2.36. The van der Waals surface area contributed by atoms with Gasteiger partial charge in [-0.15, -0.1) is 0 Å². The largest absolute Gasteiger partial charge is 0.369 e. The van der Waals surface area contributed by atoms with Crippen LogP contribution in [0.4, 0.5) is 0 Å². The zero-order valence-electron chi connectivity index (χ0n) is 13.0. The molecule has 2 amide bonds. The summed E-state index contributed by atoms with van der Waals surface area (Å²) in [7, 11) is 1.64. The topological polar surface area (TPSA) is 88.3 Å². The highest BCUT2D eigenvalue weighted by molar-refractivity contribution is 5.87. The second-order valence-corrected chi connectivity index (χ2v) is 5.82. The molecule has 3 N–H and O–H groups in total. The number of likely N-dealkylation sites (tertiary alicyclic amines) is 1. The van der Waals surface area contributed by atoms with E-state index in [-0.39, 0.29) is 18.4 Å². The third-order valence-electron chi connectivity index (χ3n) is 4.40. The Labute approximate surface area is 131 Å². The highest BCUT2D eigenvalue weighted by atomic mass is 16.2. The fourth-order valence-electron chi connectivity index (χ4n) is 3.37. The Balaban J connectivity index is 2.05. The van der Waals surface area contributed by atoms with Crippen molar-refractivity contribution in [2.45, 2.75) is 37.6 Å². The lowest BCUT2D eigenvalue weighted by Crippen LogP contribution is -2.56. The zero-order chi connectivity index (χ0) is 16.0. The minimum Gasteiger partial charge on any atom is -0.369 e. The van der Waals surface area contributed by atoms with Crippen molar-refractivity contribution in [3.63, 3.8) is 0 Å². The molecule has 1 atom stereocenters. The quantitative estimate of drug-likeness (QED) is 0.766. The minimum absolute atomic E-state index is 0.0163. The van der Waals surface area contributed by atoms with E-state index < -0.39 is 5.54 Å². The van der Waals surface area contributed by atoms with E-state index in [9.17, 15) is 9.59 Å². The maximum absolute atomic E-state index is 12.5. The van der Waals surface area contributed by atoms with E-state index in [1.165, 1.54) is 0 Å². The van der Waals surface area contributed by atoms with Crippen LogP contribution in [0.1, 0.15) is 31.2 Å². The Hall–Kier alpha value is -1.95. The highest BCUT2D eigenvalue weighted by Gasteiger charge is 2.46. The number of nitrogens with zero attached hydrogens (tertiary/aromatic N) is 2. The van der Waals surface area contributed by atoms with Crippen LogP contribution >= 0.6 is 0 Å². The summed E-state index contributed by atoms with van der Waals surface area (Å²) in [4.78, 5) is 29.8. The molecule has 1 fully saturated rings. The third-order valence-corrected chi connectivity index (χ3v) is 4.40. The molecule has 0 bridgehead atoms. The van der Waals surface area contributed by atoms with Gasteiger partial charge in [0.2, 0.25) is 11.8 Å². The third kappa shape index (κ3) is 3.62. The number of aryl methyl sites for hydroxylation is 1. The number of nitrogens with one attached hydrogen (secondary N) is 1. The van der Waals surface area contributed by atoms with Gasteiger partial charge in [0.1, 0.15) is 5.54 Å². The molecule has 0 aliphatic carbocycles. The van der Waals surface area contributed by atoms with Gasteiger partial charge in [-0.2, -0.15) is 0 Å². The average Bonchev–Trinajstić information content (AvgIpc) is 2.90. The highest BCUT2D eigenvalue weighted by Crippen LogP contribution is 2.34. The summed E-state index contributed by atoms with van der Waals surface area (Å²) < 4.78 is 0. The molecule has 1 aliphatic heterocycles. The summed E-state index contributed by atoms with van der Waals surface area (Å²) in [5, 5.41) is 2.75. The standard InChI is InChI=1S/C16H24N4O2/c1-18-15(22)16(8-4-10-20(16)12-14(17)21)7-2-5-13-6-3-9-19-11-13/h3,6,9,11H,2,4-5,7-8,10,12H2,1H3,(H2,17,21)(H,18,22)/t16-/m1/s1. The Kier molecular flexibility index (Phi) is 5.49. The van der Waals surface area contributed by atoms with Crippen molar-refractivity contribution in [1.29, 1.82) is 0 Å². The first-order chi connectivity index (χ1) is 10.6. The van der Waals surface area contributed by atoms with Crippen LogP contribution in [-0.2, 0) is 16.0 Å². The molecular formula is C16H24N4O2. The molecule has 0 saturated carbocycles. The number of hydrogen-bond acceptors (Lipinski definition) is 4. The second kappa shape index (κ2) is 7.35. The molecule has 120 valence electrons. The summed E-state index contributed by atoms with van der Waals surface area (Å²) in [6.07, 6.45) is 7.74. The van der Waals surface area contributed by atoms with Crippen LogP contribution in [0.3, 0.4) is 0 Å². The van der Waals surface area contributed by atoms with Gasteiger partial charge in [-0.3, -0.25) is 19.5 Å². The molecule has 0 radical (unpaired) electrons. The normalized spacial score (nSPS) is 21.7. The van der Waals surface area contributed by atoms with Crippen LogP contribution in [0.25, 0.3) is 0 Å². The number of carbonyl (C=O) groups excluding carboxylic acids is 2. The van der Waals surface area contributed by atoms with Crippen molar-refractivity contribution in [2.24, 2.45) is 5.73 Å². The van der Waals surface area contributed by atoms with Crippen molar-refractivity contribution in [3.8, 4) is 0 Å². The van der Waals surface area contributed by atoms with Crippen molar-refractivity contribution in [1.82, 2.24) is 15.2 Å². The lowest BCUT2D eigenvalue weighted by molar-refractivity contribution is -0.133. The van der Waals surface area contributed by atoms with Gasteiger partial charge in [-0.05, 0) is 50.3 Å². The zero-order valence-corrected chi connectivity index (χ0v) is 13.0. The Bertz CT molecular complexity index is 520. The van der Waals surface area contributed by atoms with Crippen molar-refractivity contribution in [2.75, 3.05) is 20.1 Å². The molecule has 0 spiro atoms. The van der Waals surface area contributed by atoms with Gasteiger partial charge in [-0.1, -0.05) is 6.07 Å². The van der Waals surface area contributed by atoms with Crippen LogP contribution < -0.4 is 11.1 Å². The van der Waals surface area contributed by atoms with Gasteiger partial charge in [0, 0.05) is 19.4 Å². The lowest BCUT2D eigenvalue weighted by atomic mass is 9.87. The smallest absolute Gasteiger partial charge is 0.240 e. The number of likely N-dealkylation sites (N-methyl/N-ethyl adjacent to an activating group) is 1. The van der Waals surface area contributed by atoms with Crippen molar-refractivity contribution < 1.29 is 9.59 Å². The van der Waals surface area contributed by atoms with Crippen LogP contribution in [0.2, 0.25) is 0 Å². The molecule has 1 saturated heterocycles. The van der Waals surface area contributed by atoms with Crippen LogP contribution in [0, 0.1) is 0 Å². The average molecular weight is 304 g/mol. The molecule has 1 aromatic rings.